The summed E-state index contributed by atoms with van der Waals surface area (Å²) >= 11 is 0. The monoisotopic (exact) mass is 913 g/mol. The lowest BCUT2D eigenvalue weighted by molar-refractivity contribution is -0.148. The van der Waals surface area contributed by atoms with Gasteiger partial charge in [-0.1, -0.05) is 55.8 Å². The molecule has 2 fully saturated rings. The molecule has 19 nitrogen and oxygen atoms in total. The average Bonchev–Trinajstić information content (AvgIpc) is 4.00. The second-order valence-electron chi connectivity index (χ2n) is 17.9. The maximum Gasteiger partial charge on any atom is 0.411 e. The number of rotatable bonds is 20. The summed E-state index contributed by atoms with van der Waals surface area (Å²) < 4.78 is 18.3. The number of pyridine rings is 1. The number of ether oxygens (including phenoxy) is 3. The number of anilines is 1. The number of aromatic nitrogens is 3. The molecule has 2 aromatic heterocycles. The molecule has 356 valence electrons. The van der Waals surface area contributed by atoms with E-state index in [0.29, 0.717) is 17.9 Å². The molecule has 2 aromatic carbocycles. The summed E-state index contributed by atoms with van der Waals surface area (Å²) in [7, 11) is 1.45. The fourth-order valence-corrected chi connectivity index (χ4v) is 8.38. The lowest BCUT2D eigenvalue weighted by atomic mass is 10.1. The number of nitrogens with one attached hydrogen (secondary N) is 3. The minimum absolute atomic E-state index is 0.0121. The lowest BCUT2D eigenvalue weighted by Crippen LogP contribution is -2.47. The second kappa shape index (κ2) is 22.2. The number of carboxylic acids is 1. The molecule has 2 aliphatic heterocycles. The molecular formula is C47H63N9O10. The number of aliphatic carboxylic acids is 1. The van der Waals surface area contributed by atoms with Gasteiger partial charge in [0, 0.05) is 76.4 Å². The number of imidazole rings is 1. The Morgan fingerprint density at radius 2 is 1.47 bits per heavy atom. The van der Waals surface area contributed by atoms with Crippen LogP contribution in [-0.2, 0) is 57.7 Å². The summed E-state index contributed by atoms with van der Waals surface area (Å²) in [6.45, 7) is 8.47. The number of fused-ring (bicyclic) bond motifs is 3. The molecule has 0 spiro atoms. The van der Waals surface area contributed by atoms with Crippen LogP contribution in [0.15, 0.2) is 48.5 Å². The number of nitrogens with two attached hydrogens (primary N) is 1. The molecule has 19 heteroatoms. The van der Waals surface area contributed by atoms with Crippen molar-refractivity contribution >= 4 is 63.4 Å². The Kier molecular flexibility index (Phi) is 16.5. The van der Waals surface area contributed by atoms with Crippen molar-refractivity contribution in [1.82, 2.24) is 40.3 Å². The van der Waals surface area contributed by atoms with Crippen LogP contribution in [0.2, 0.25) is 0 Å². The normalized spacial score (nSPS) is 18.4. The standard InChI is InChI=1S/C47H63N9O10/c1-6-7-12-37-53-41-42(33-10-8-9-11-34(33)52-43(41)48)56(37)26-30-15-13-29(14-16-30)25-49-44(60)35-23-31(28-55(35)46(63)66-47(2,3)4)50-38(57)17-21-65-22-18-39(58)51-32-24-36(45(61)62)54(27-32)40(59)19-20-64-5/h8-11,13-16,31-32,35-36H,6-7,12,17-28H2,1-5H3,(H2,48,52)(H,49,60)(H,50,57)(H,51,58)(H,61,62)/t31-,32?,35+,36-/m1/s1. The number of methoxy groups -OCH3 is 1. The molecule has 6 rings (SSSR count). The van der Waals surface area contributed by atoms with Gasteiger partial charge in [0.2, 0.25) is 23.6 Å². The third-order valence-corrected chi connectivity index (χ3v) is 11.6. The summed E-state index contributed by atoms with van der Waals surface area (Å²) in [5.74, 6) is -1.26. The van der Waals surface area contributed by atoms with Crippen LogP contribution in [0.25, 0.3) is 21.9 Å². The Bertz CT molecular complexity index is 2380. The highest BCUT2D eigenvalue weighted by molar-refractivity contribution is 6.06. The SMILES string of the molecule is CCCCc1nc2c(N)nc3ccccc3c2n1Cc1ccc(CNC(=O)[C@@H]2C[C@@H](NC(=O)CCOCCC(=O)NC3C[C@H](C(=O)O)N(C(=O)CCOC)C3)CN2C(=O)OC(C)(C)C)cc1. The van der Waals surface area contributed by atoms with Crippen LogP contribution in [0.3, 0.4) is 0 Å². The fourth-order valence-electron chi connectivity index (χ4n) is 8.38. The van der Waals surface area contributed by atoms with Crippen LogP contribution in [0.4, 0.5) is 10.6 Å². The first-order valence-electron chi connectivity index (χ1n) is 22.6. The number of carbonyl (C=O) groups is 6. The van der Waals surface area contributed by atoms with Crippen LogP contribution < -0.4 is 21.7 Å². The maximum absolute atomic E-state index is 13.7. The van der Waals surface area contributed by atoms with Crippen LogP contribution in [0.5, 0.6) is 0 Å². The predicted octanol–water partition coefficient (Wildman–Crippen LogP) is 3.67. The Labute approximate surface area is 384 Å². The van der Waals surface area contributed by atoms with E-state index in [-0.39, 0.29) is 95.2 Å². The number of nitrogens with zero attached hydrogens (tertiary/aromatic N) is 5. The van der Waals surface area contributed by atoms with Gasteiger partial charge in [0.15, 0.2) is 5.82 Å². The molecule has 0 bridgehead atoms. The number of aryl methyl sites for hydroxylation is 1. The van der Waals surface area contributed by atoms with E-state index in [0.717, 1.165) is 52.6 Å². The highest BCUT2D eigenvalue weighted by atomic mass is 16.6. The Morgan fingerprint density at radius 3 is 2.11 bits per heavy atom. The molecule has 2 saturated heterocycles. The topological polar surface area (TPSA) is 250 Å². The van der Waals surface area contributed by atoms with Crippen molar-refractivity contribution in [3.8, 4) is 0 Å². The van der Waals surface area contributed by atoms with Crippen molar-refractivity contribution in [1.29, 1.82) is 0 Å². The third kappa shape index (κ3) is 12.7. The third-order valence-electron chi connectivity index (χ3n) is 11.6. The van der Waals surface area contributed by atoms with Gasteiger partial charge >= 0.3 is 12.1 Å². The van der Waals surface area contributed by atoms with E-state index < -0.39 is 41.8 Å². The summed E-state index contributed by atoms with van der Waals surface area (Å²) in [5.41, 5.74) is 9.95. The van der Waals surface area contributed by atoms with Crippen LogP contribution >= 0.6 is 0 Å². The Balaban J connectivity index is 0.988. The molecule has 0 saturated carbocycles. The number of hydrogen-bond donors (Lipinski definition) is 5. The number of carboxylic acid groups (broad SMARTS) is 1. The van der Waals surface area contributed by atoms with Crippen LogP contribution in [0.1, 0.15) is 89.6 Å². The zero-order chi connectivity index (χ0) is 47.5. The number of carbonyl (C=O) groups excluding carboxylic acids is 5. The molecule has 1 unspecified atom stereocenters. The van der Waals surface area contributed by atoms with E-state index in [4.69, 9.17) is 24.9 Å². The van der Waals surface area contributed by atoms with Crippen molar-refractivity contribution < 1.29 is 48.1 Å². The molecule has 4 heterocycles. The minimum atomic E-state index is -1.14. The summed E-state index contributed by atoms with van der Waals surface area (Å²) in [6.07, 6.45) is 2.38. The van der Waals surface area contributed by atoms with Gasteiger partial charge < -0.3 is 50.5 Å². The molecule has 6 N–H and O–H groups in total. The van der Waals surface area contributed by atoms with Gasteiger partial charge in [0.05, 0.1) is 37.3 Å². The molecule has 2 aliphatic rings. The van der Waals surface area contributed by atoms with E-state index in [1.165, 1.54) is 16.9 Å². The lowest BCUT2D eigenvalue weighted by Gasteiger charge is -2.28. The molecule has 4 aromatic rings. The van der Waals surface area contributed by atoms with Crippen molar-refractivity contribution in [2.45, 2.75) is 122 Å². The van der Waals surface area contributed by atoms with Crippen molar-refractivity contribution in [2.24, 2.45) is 0 Å². The van der Waals surface area contributed by atoms with E-state index >= 15 is 0 Å². The quantitative estimate of drug-likeness (QED) is 0.0796. The average molecular weight is 914 g/mol. The number of hydrogen-bond acceptors (Lipinski definition) is 12. The van der Waals surface area contributed by atoms with Crippen molar-refractivity contribution in [3.05, 3.63) is 65.5 Å². The molecule has 66 heavy (non-hydrogen) atoms. The van der Waals surface area contributed by atoms with Gasteiger partial charge in [-0.15, -0.1) is 0 Å². The number of nitrogen functional groups attached to an aromatic ring is 1. The van der Waals surface area contributed by atoms with E-state index in [1.807, 2.05) is 48.5 Å². The molecule has 4 atom stereocenters. The van der Waals surface area contributed by atoms with Gasteiger partial charge in [-0.05, 0) is 50.8 Å². The molecular weight excluding hydrogens is 851 g/mol. The van der Waals surface area contributed by atoms with Crippen LogP contribution in [-0.4, -0.2) is 135 Å². The Hall–Kier alpha value is -6.34. The van der Waals surface area contributed by atoms with E-state index in [1.54, 1.807) is 20.8 Å². The number of likely N-dealkylation sites (tertiary alicyclic amines) is 2. The highest BCUT2D eigenvalue weighted by Gasteiger charge is 2.42. The predicted molar refractivity (Wildman–Crippen MR) is 245 cm³/mol. The van der Waals surface area contributed by atoms with Crippen LogP contribution in [0, 0.1) is 0 Å². The van der Waals surface area contributed by atoms with E-state index in [2.05, 4.69) is 32.4 Å². The number of para-hydroxylation sites is 1. The minimum Gasteiger partial charge on any atom is -0.480 e. The zero-order valence-electron chi connectivity index (χ0n) is 38.5. The summed E-state index contributed by atoms with van der Waals surface area (Å²) in [5, 5.41) is 19.2. The highest BCUT2D eigenvalue weighted by Crippen LogP contribution is 2.30. The smallest absolute Gasteiger partial charge is 0.411 e. The van der Waals surface area contributed by atoms with Gasteiger partial charge in [0.25, 0.3) is 0 Å². The van der Waals surface area contributed by atoms with Gasteiger partial charge in [0.1, 0.15) is 29.0 Å². The van der Waals surface area contributed by atoms with Gasteiger partial charge in [-0.2, -0.15) is 0 Å². The summed E-state index contributed by atoms with van der Waals surface area (Å²) in [4.78, 5) is 89.0. The van der Waals surface area contributed by atoms with Gasteiger partial charge in [-0.25, -0.2) is 19.6 Å². The second-order valence-corrected chi connectivity index (χ2v) is 17.9. The number of benzene rings is 2. The first-order valence-corrected chi connectivity index (χ1v) is 22.6. The molecule has 0 aliphatic carbocycles. The van der Waals surface area contributed by atoms with Crippen molar-refractivity contribution in [3.63, 3.8) is 0 Å². The Morgan fingerprint density at radius 1 is 0.833 bits per heavy atom. The number of amides is 5. The first kappa shape index (κ1) is 49.1. The number of unbranched alkanes of at least 4 members (excludes halogenated alkanes) is 1. The fraction of sp³-hybridized carbons (Fsp3) is 0.532. The van der Waals surface area contributed by atoms with Crippen molar-refractivity contribution in [2.75, 3.05) is 45.8 Å². The molecule has 5 amide bonds. The largest absolute Gasteiger partial charge is 0.480 e. The first-order chi connectivity index (χ1) is 31.5. The summed E-state index contributed by atoms with van der Waals surface area (Å²) in [6, 6.07) is 12.9. The van der Waals surface area contributed by atoms with Gasteiger partial charge in [-0.3, -0.25) is 24.1 Å². The van der Waals surface area contributed by atoms with E-state index in [9.17, 15) is 33.9 Å². The molecule has 0 radical (unpaired) electrons. The maximum atomic E-state index is 13.7. The zero-order valence-corrected chi connectivity index (χ0v) is 38.5.